The monoisotopic (exact) mass is 217 g/mol. The Bertz CT molecular complexity index is 450. The molecule has 3 aliphatic rings. The van der Waals surface area contributed by atoms with E-state index >= 15 is 0 Å². The van der Waals surface area contributed by atoms with Crippen LogP contribution in [0.1, 0.15) is 35.9 Å². The van der Waals surface area contributed by atoms with Gasteiger partial charge in [-0.1, -0.05) is 0 Å². The SMILES string of the molecule is CC(=O)c1coc(C2=CN3CCC2CC3)c1. The predicted molar refractivity (Wildman–Crippen MR) is 61.0 cm³/mol. The molecule has 0 unspecified atom stereocenters. The Morgan fingerprint density at radius 1 is 1.44 bits per heavy atom. The van der Waals surface area contributed by atoms with Gasteiger partial charge in [0.05, 0.1) is 5.56 Å². The molecule has 0 atom stereocenters. The minimum Gasteiger partial charge on any atom is -0.464 e. The lowest BCUT2D eigenvalue weighted by molar-refractivity contribution is 0.101. The van der Waals surface area contributed by atoms with Crippen molar-refractivity contribution < 1.29 is 9.21 Å². The molecule has 16 heavy (non-hydrogen) atoms. The molecule has 4 heterocycles. The summed E-state index contributed by atoms with van der Waals surface area (Å²) in [4.78, 5) is 13.6. The third-order valence-electron chi connectivity index (χ3n) is 3.58. The van der Waals surface area contributed by atoms with E-state index in [9.17, 15) is 4.79 Å². The molecule has 0 aromatic carbocycles. The zero-order valence-electron chi connectivity index (χ0n) is 9.40. The molecule has 4 rings (SSSR count). The average molecular weight is 217 g/mol. The first-order valence-electron chi connectivity index (χ1n) is 5.79. The zero-order valence-corrected chi connectivity index (χ0v) is 9.40. The standard InChI is InChI=1S/C13H15NO2/c1-9(15)11-6-13(16-8-11)12-7-14-4-2-10(12)3-5-14/h6-8,10H,2-5H2,1H3. The van der Waals surface area contributed by atoms with Crippen LogP contribution in [0.15, 0.2) is 22.9 Å². The summed E-state index contributed by atoms with van der Waals surface area (Å²) in [6.07, 6.45) is 6.18. The van der Waals surface area contributed by atoms with E-state index in [1.165, 1.54) is 18.4 Å². The first kappa shape index (κ1) is 9.70. The summed E-state index contributed by atoms with van der Waals surface area (Å²) in [5.41, 5.74) is 1.94. The highest BCUT2D eigenvalue weighted by Crippen LogP contribution is 2.37. The van der Waals surface area contributed by atoms with Gasteiger partial charge in [-0.05, 0) is 31.7 Å². The number of allylic oxidation sites excluding steroid dienone is 1. The second kappa shape index (κ2) is 3.51. The molecule has 0 aliphatic carbocycles. The maximum absolute atomic E-state index is 11.2. The molecule has 1 saturated heterocycles. The summed E-state index contributed by atoms with van der Waals surface area (Å²) in [5, 5.41) is 0. The van der Waals surface area contributed by atoms with E-state index in [0.717, 1.165) is 18.8 Å². The number of carbonyl (C=O) groups excluding carboxylic acids is 1. The number of fused-ring (bicyclic) bond motifs is 2. The smallest absolute Gasteiger partial charge is 0.163 e. The Labute approximate surface area is 94.7 Å². The second-order valence-electron chi connectivity index (χ2n) is 4.65. The summed E-state index contributed by atoms with van der Waals surface area (Å²) in [5.74, 6) is 1.56. The fraction of sp³-hybridized carbons (Fsp3) is 0.462. The molecule has 3 nitrogen and oxygen atoms in total. The first-order valence-corrected chi connectivity index (χ1v) is 5.79. The molecule has 0 N–H and O–H groups in total. The molecular weight excluding hydrogens is 202 g/mol. The number of nitrogens with zero attached hydrogens (tertiary/aromatic N) is 1. The second-order valence-corrected chi connectivity index (χ2v) is 4.65. The molecule has 1 aromatic heterocycles. The number of furan rings is 1. The van der Waals surface area contributed by atoms with Gasteiger partial charge in [-0.2, -0.15) is 0 Å². The van der Waals surface area contributed by atoms with Crippen LogP contribution in [0.2, 0.25) is 0 Å². The normalized spacial score (nSPS) is 20.1. The third-order valence-corrected chi connectivity index (χ3v) is 3.58. The van der Waals surface area contributed by atoms with Crippen molar-refractivity contribution in [1.82, 2.24) is 4.90 Å². The fourth-order valence-electron chi connectivity index (χ4n) is 2.58. The van der Waals surface area contributed by atoms with Crippen molar-refractivity contribution in [3.8, 4) is 0 Å². The van der Waals surface area contributed by atoms with Crippen LogP contribution in [-0.4, -0.2) is 23.8 Å². The average Bonchev–Trinajstić information content (AvgIpc) is 2.80. The van der Waals surface area contributed by atoms with Crippen molar-refractivity contribution in [2.24, 2.45) is 5.92 Å². The zero-order chi connectivity index (χ0) is 11.1. The van der Waals surface area contributed by atoms with Crippen LogP contribution >= 0.6 is 0 Å². The van der Waals surface area contributed by atoms with Gasteiger partial charge < -0.3 is 9.32 Å². The van der Waals surface area contributed by atoms with Crippen LogP contribution in [0.25, 0.3) is 5.57 Å². The molecule has 0 spiro atoms. The van der Waals surface area contributed by atoms with Gasteiger partial charge in [-0.15, -0.1) is 0 Å². The van der Waals surface area contributed by atoms with Gasteiger partial charge in [0.1, 0.15) is 12.0 Å². The number of ketones is 1. The van der Waals surface area contributed by atoms with Crippen LogP contribution in [0.4, 0.5) is 0 Å². The number of hydrogen-bond donors (Lipinski definition) is 0. The van der Waals surface area contributed by atoms with E-state index in [-0.39, 0.29) is 5.78 Å². The number of Topliss-reactive ketones (excluding diaryl/α,β-unsaturated/α-hetero) is 1. The lowest BCUT2D eigenvalue weighted by Gasteiger charge is -2.38. The number of rotatable bonds is 2. The van der Waals surface area contributed by atoms with E-state index in [1.807, 2.05) is 6.07 Å². The molecular formula is C13H15NO2. The van der Waals surface area contributed by atoms with Crippen LogP contribution in [-0.2, 0) is 0 Å². The Morgan fingerprint density at radius 3 is 2.69 bits per heavy atom. The van der Waals surface area contributed by atoms with E-state index in [4.69, 9.17) is 4.42 Å². The molecule has 0 radical (unpaired) electrons. The Balaban J connectivity index is 1.94. The highest BCUT2D eigenvalue weighted by molar-refractivity contribution is 5.94. The van der Waals surface area contributed by atoms with Crippen molar-refractivity contribution in [3.05, 3.63) is 29.9 Å². The maximum Gasteiger partial charge on any atom is 0.163 e. The van der Waals surface area contributed by atoms with Crippen molar-refractivity contribution in [3.63, 3.8) is 0 Å². The molecule has 2 bridgehead atoms. The number of piperidine rings is 1. The molecule has 1 aromatic rings. The molecule has 0 amide bonds. The van der Waals surface area contributed by atoms with Crippen molar-refractivity contribution in [1.29, 1.82) is 0 Å². The van der Waals surface area contributed by atoms with E-state index in [1.54, 1.807) is 13.2 Å². The van der Waals surface area contributed by atoms with Gasteiger partial charge in [0.2, 0.25) is 0 Å². The Hall–Kier alpha value is -1.51. The number of hydrogen-bond acceptors (Lipinski definition) is 3. The predicted octanol–water partition coefficient (Wildman–Crippen LogP) is 2.55. The van der Waals surface area contributed by atoms with Gasteiger partial charge in [0, 0.05) is 24.9 Å². The molecule has 1 fully saturated rings. The van der Waals surface area contributed by atoms with Crippen LogP contribution in [0, 0.1) is 5.92 Å². The van der Waals surface area contributed by atoms with Crippen molar-refractivity contribution >= 4 is 11.4 Å². The number of carbonyl (C=O) groups is 1. The molecule has 0 saturated carbocycles. The topological polar surface area (TPSA) is 33.5 Å². The molecule has 3 heteroatoms. The summed E-state index contributed by atoms with van der Waals surface area (Å²) < 4.78 is 5.50. The quantitative estimate of drug-likeness (QED) is 0.714. The Kier molecular flexibility index (Phi) is 2.13. The van der Waals surface area contributed by atoms with E-state index in [2.05, 4.69) is 11.1 Å². The summed E-state index contributed by atoms with van der Waals surface area (Å²) in [6, 6.07) is 1.87. The van der Waals surface area contributed by atoms with E-state index in [0.29, 0.717) is 11.5 Å². The largest absolute Gasteiger partial charge is 0.464 e. The lowest BCUT2D eigenvalue weighted by atomic mass is 9.84. The highest BCUT2D eigenvalue weighted by atomic mass is 16.3. The minimum absolute atomic E-state index is 0.0666. The maximum atomic E-state index is 11.2. The summed E-state index contributed by atoms with van der Waals surface area (Å²) in [6.45, 7) is 3.89. The Morgan fingerprint density at radius 2 is 2.19 bits per heavy atom. The molecule has 3 aliphatic heterocycles. The van der Waals surface area contributed by atoms with Crippen LogP contribution in [0.5, 0.6) is 0 Å². The first-order chi connectivity index (χ1) is 7.74. The van der Waals surface area contributed by atoms with Gasteiger partial charge in [-0.3, -0.25) is 4.79 Å². The van der Waals surface area contributed by atoms with Crippen molar-refractivity contribution in [2.45, 2.75) is 19.8 Å². The van der Waals surface area contributed by atoms with Gasteiger partial charge in [0.15, 0.2) is 5.78 Å². The highest BCUT2D eigenvalue weighted by Gasteiger charge is 2.29. The van der Waals surface area contributed by atoms with Gasteiger partial charge in [-0.25, -0.2) is 0 Å². The van der Waals surface area contributed by atoms with Gasteiger partial charge in [0.25, 0.3) is 0 Å². The van der Waals surface area contributed by atoms with Crippen molar-refractivity contribution in [2.75, 3.05) is 13.1 Å². The lowest BCUT2D eigenvalue weighted by Crippen LogP contribution is -2.35. The summed E-state index contributed by atoms with van der Waals surface area (Å²) in [7, 11) is 0. The van der Waals surface area contributed by atoms with Gasteiger partial charge >= 0.3 is 0 Å². The van der Waals surface area contributed by atoms with Crippen LogP contribution in [0.3, 0.4) is 0 Å². The summed E-state index contributed by atoms with van der Waals surface area (Å²) >= 11 is 0. The minimum atomic E-state index is 0.0666. The van der Waals surface area contributed by atoms with E-state index < -0.39 is 0 Å². The third kappa shape index (κ3) is 1.47. The fourth-order valence-corrected chi connectivity index (χ4v) is 2.58. The van der Waals surface area contributed by atoms with Crippen LogP contribution < -0.4 is 0 Å². The molecule has 84 valence electrons.